The van der Waals surface area contributed by atoms with Gasteiger partial charge >= 0.3 is 6.09 Å². The fraction of sp³-hybridized carbons (Fsp3) is 0.364. The topological polar surface area (TPSA) is 127 Å². The molecule has 166 valence electrons. The average Bonchev–Trinajstić information content (AvgIpc) is 2.95. The van der Waals surface area contributed by atoms with Crippen molar-refractivity contribution in [3.05, 3.63) is 57.9 Å². The van der Waals surface area contributed by atoms with E-state index in [2.05, 4.69) is 10.3 Å². The quantitative estimate of drug-likeness (QED) is 0.472. The number of phenols is 1. The zero-order valence-corrected chi connectivity index (χ0v) is 19.7. The van der Waals surface area contributed by atoms with Crippen LogP contribution in [0.25, 0.3) is 0 Å². The summed E-state index contributed by atoms with van der Waals surface area (Å²) < 4.78 is 0. The number of ketones is 1. The Morgan fingerprint density at radius 1 is 1.26 bits per heavy atom. The number of aromatic hydroxyl groups is 1. The van der Waals surface area contributed by atoms with Crippen molar-refractivity contribution in [3.8, 4) is 5.75 Å². The van der Waals surface area contributed by atoms with E-state index in [1.54, 1.807) is 11.0 Å². The molecular formula is C22H27BrN4O4. The molecule has 0 fully saturated rings. The highest BCUT2D eigenvalue weighted by Gasteiger charge is 2.29. The van der Waals surface area contributed by atoms with E-state index in [1.807, 2.05) is 39.8 Å². The number of Topliss-reactive ketones (excluding diaryl/α,β-unsaturated/α-hetero) is 1. The van der Waals surface area contributed by atoms with Crippen LogP contribution in [0.3, 0.4) is 0 Å². The second-order valence-corrected chi connectivity index (χ2v) is 8.53. The van der Waals surface area contributed by atoms with Gasteiger partial charge in [0.05, 0.1) is 6.54 Å². The monoisotopic (exact) mass is 490 g/mol. The molecule has 3 rings (SSSR count). The van der Waals surface area contributed by atoms with Crippen LogP contribution in [0, 0.1) is 12.3 Å². The summed E-state index contributed by atoms with van der Waals surface area (Å²) in [7, 11) is 0. The second-order valence-electron chi connectivity index (χ2n) is 8.53. The molecule has 0 radical (unpaired) electrons. The van der Waals surface area contributed by atoms with Gasteiger partial charge in [0.1, 0.15) is 17.3 Å². The lowest BCUT2D eigenvalue weighted by Gasteiger charge is -2.24. The minimum atomic E-state index is -1.21. The predicted molar refractivity (Wildman–Crippen MR) is 123 cm³/mol. The highest BCUT2D eigenvalue weighted by molar-refractivity contribution is 8.93. The van der Waals surface area contributed by atoms with Crippen LogP contribution in [0.2, 0.25) is 0 Å². The lowest BCUT2D eigenvalue weighted by molar-refractivity contribution is 0.0962. The van der Waals surface area contributed by atoms with Crippen molar-refractivity contribution >= 4 is 34.7 Å². The van der Waals surface area contributed by atoms with E-state index >= 15 is 0 Å². The van der Waals surface area contributed by atoms with Crippen molar-refractivity contribution in [2.45, 2.75) is 46.2 Å². The van der Waals surface area contributed by atoms with Crippen LogP contribution in [0.4, 0.5) is 4.79 Å². The Morgan fingerprint density at radius 3 is 2.55 bits per heavy atom. The maximum absolute atomic E-state index is 13.1. The molecule has 9 heteroatoms. The van der Waals surface area contributed by atoms with Crippen LogP contribution >= 0.6 is 17.0 Å². The van der Waals surface area contributed by atoms with Crippen molar-refractivity contribution in [3.63, 3.8) is 0 Å². The smallest absolute Gasteiger partial charge is 0.404 e. The summed E-state index contributed by atoms with van der Waals surface area (Å²) in [5, 5.41) is 30.1. The number of amides is 1. The summed E-state index contributed by atoms with van der Waals surface area (Å²) in [4.78, 5) is 30.0. The molecular weight excluding hydrogens is 464 g/mol. The summed E-state index contributed by atoms with van der Waals surface area (Å²) in [5.41, 5.74) is 3.14. The summed E-state index contributed by atoms with van der Waals surface area (Å²) in [5.74, 6) is -0.0233. The molecule has 0 bridgehead atoms. The summed E-state index contributed by atoms with van der Waals surface area (Å²) in [6.45, 7) is 7.90. The number of rotatable bonds is 5. The molecule has 2 aromatic rings. The molecule has 0 unspecified atom stereocenters. The number of carboxylic acid groups (broad SMARTS) is 1. The minimum absolute atomic E-state index is 0. The molecule has 0 spiro atoms. The molecule has 0 saturated heterocycles. The number of halogens is 1. The standard InChI is InChI=1S/C22H26N4O4.BrH/c1-12-5-6-13-10-26(20(23)18(13)25-12)11-17(27)14-7-15(9-24-21(29)30)19(28)16(8-14)22(2,3)4;/h5-8,23-24,28H,9-11H2,1-4H3,(H,29,30);1H. The van der Waals surface area contributed by atoms with Crippen molar-refractivity contribution in [2.75, 3.05) is 6.54 Å². The molecule has 4 N–H and O–H groups in total. The molecule has 0 atom stereocenters. The number of fused-ring (bicyclic) bond motifs is 1. The molecule has 0 aliphatic carbocycles. The highest BCUT2D eigenvalue weighted by atomic mass is 79.9. The first-order chi connectivity index (χ1) is 14.0. The van der Waals surface area contributed by atoms with Gasteiger partial charge in [0.15, 0.2) is 5.78 Å². The van der Waals surface area contributed by atoms with E-state index in [0.29, 0.717) is 28.9 Å². The van der Waals surface area contributed by atoms with Gasteiger partial charge in [-0.05, 0) is 30.5 Å². The van der Waals surface area contributed by atoms with Crippen LogP contribution in [0.1, 0.15) is 59.2 Å². The van der Waals surface area contributed by atoms with E-state index in [4.69, 9.17) is 10.5 Å². The van der Waals surface area contributed by atoms with Crippen molar-refractivity contribution in [2.24, 2.45) is 0 Å². The lowest BCUT2D eigenvalue weighted by atomic mass is 9.83. The van der Waals surface area contributed by atoms with E-state index in [0.717, 1.165) is 11.3 Å². The first-order valence-electron chi connectivity index (χ1n) is 9.64. The molecule has 1 aliphatic rings. The number of carbonyl (C=O) groups excluding carboxylic acids is 1. The normalized spacial score (nSPS) is 12.9. The SMILES string of the molecule is Br.Cc1ccc2c(n1)C(=N)N(CC(=O)c1cc(CNC(=O)O)c(O)c(C(C)(C)C)c1)C2. The van der Waals surface area contributed by atoms with Gasteiger partial charge in [0, 0.05) is 41.0 Å². The van der Waals surface area contributed by atoms with Crippen molar-refractivity contribution in [1.29, 1.82) is 5.41 Å². The number of aromatic nitrogens is 1. The van der Waals surface area contributed by atoms with Gasteiger partial charge in [0.25, 0.3) is 0 Å². The number of nitrogens with zero attached hydrogens (tertiary/aromatic N) is 2. The number of benzene rings is 1. The molecule has 0 saturated carbocycles. The lowest BCUT2D eigenvalue weighted by Crippen LogP contribution is -2.31. The molecule has 1 aromatic carbocycles. The van der Waals surface area contributed by atoms with Gasteiger partial charge in [-0.1, -0.05) is 26.8 Å². The number of phenolic OH excluding ortho intramolecular Hbond substituents is 1. The number of carbonyl (C=O) groups is 2. The van der Waals surface area contributed by atoms with E-state index in [9.17, 15) is 14.7 Å². The maximum atomic E-state index is 13.1. The third-order valence-electron chi connectivity index (χ3n) is 5.10. The molecule has 1 amide bonds. The first-order valence-corrected chi connectivity index (χ1v) is 9.64. The van der Waals surface area contributed by atoms with Crippen LogP contribution in [-0.2, 0) is 18.5 Å². The van der Waals surface area contributed by atoms with Crippen molar-refractivity contribution in [1.82, 2.24) is 15.2 Å². The largest absolute Gasteiger partial charge is 0.507 e. The minimum Gasteiger partial charge on any atom is -0.507 e. The number of hydrogen-bond acceptors (Lipinski definition) is 5. The molecule has 1 aromatic heterocycles. The van der Waals surface area contributed by atoms with Crippen LogP contribution < -0.4 is 5.32 Å². The Balaban J connectivity index is 0.00000341. The number of nitrogens with one attached hydrogen (secondary N) is 2. The van der Waals surface area contributed by atoms with Gasteiger partial charge in [0.2, 0.25) is 0 Å². The highest BCUT2D eigenvalue weighted by Crippen LogP contribution is 2.35. The van der Waals surface area contributed by atoms with Gasteiger partial charge in [-0.3, -0.25) is 10.2 Å². The molecule has 8 nitrogen and oxygen atoms in total. The number of pyridine rings is 1. The maximum Gasteiger partial charge on any atom is 0.404 e. The van der Waals surface area contributed by atoms with Crippen LogP contribution in [0.5, 0.6) is 5.75 Å². The number of aryl methyl sites for hydroxylation is 1. The number of amidine groups is 1. The van der Waals surface area contributed by atoms with Crippen molar-refractivity contribution < 1.29 is 19.8 Å². The van der Waals surface area contributed by atoms with Gasteiger partial charge in [-0.15, -0.1) is 17.0 Å². The zero-order valence-electron chi connectivity index (χ0n) is 17.9. The van der Waals surface area contributed by atoms with Crippen LogP contribution in [-0.4, -0.2) is 44.4 Å². The molecule has 1 aliphatic heterocycles. The first kappa shape index (κ1) is 24.3. The summed E-state index contributed by atoms with van der Waals surface area (Å²) >= 11 is 0. The summed E-state index contributed by atoms with van der Waals surface area (Å²) in [6.07, 6.45) is -1.21. The van der Waals surface area contributed by atoms with Gasteiger partial charge in [-0.25, -0.2) is 9.78 Å². The fourth-order valence-corrected chi connectivity index (χ4v) is 3.49. The third kappa shape index (κ3) is 5.22. The van der Waals surface area contributed by atoms with E-state index < -0.39 is 11.5 Å². The fourth-order valence-electron chi connectivity index (χ4n) is 3.49. The predicted octanol–water partition coefficient (Wildman–Crippen LogP) is 3.76. The van der Waals surface area contributed by atoms with Gasteiger partial charge < -0.3 is 20.4 Å². The summed E-state index contributed by atoms with van der Waals surface area (Å²) in [6, 6.07) is 6.97. The Kier molecular flexibility index (Phi) is 7.10. The van der Waals surface area contributed by atoms with E-state index in [-0.39, 0.29) is 47.4 Å². The average molecular weight is 491 g/mol. The molecule has 2 heterocycles. The third-order valence-corrected chi connectivity index (χ3v) is 5.10. The zero-order chi connectivity index (χ0) is 22.2. The number of hydrogen-bond donors (Lipinski definition) is 4. The Hall–Kier alpha value is -2.94. The van der Waals surface area contributed by atoms with Gasteiger partial charge in [-0.2, -0.15) is 0 Å². The Morgan fingerprint density at radius 2 is 1.94 bits per heavy atom. The molecule has 31 heavy (non-hydrogen) atoms. The Bertz CT molecular complexity index is 1050. The van der Waals surface area contributed by atoms with E-state index in [1.165, 1.54) is 6.07 Å². The second kappa shape index (κ2) is 9.05. The Labute approximate surface area is 191 Å². The van der Waals surface area contributed by atoms with Crippen LogP contribution in [0.15, 0.2) is 24.3 Å².